The number of aromatic amines is 1. The molecule has 0 saturated heterocycles. The first-order valence-electron chi connectivity index (χ1n) is 4.30. The van der Waals surface area contributed by atoms with E-state index in [1.54, 1.807) is 0 Å². The summed E-state index contributed by atoms with van der Waals surface area (Å²) in [5.41, 5.74) is -0.418. The van der Waals surface area contributed by atoms with Crippen molar-refractivity contribution in [3.63, 3.8) is 0 Å². The van der Waals surface area contributed by atoms with Crippen LogP contribution in [0.4, 0.5) is 0 Å². The smallest absolute Gasteiger partial charge is 0.344 e. The average molecular weight is 265 g/mol. The van der Waals surface area contributed by atoms with Gasteiger partial charge in [-0.25, -0.2) is 9.89 Å². The third kappa shape index (κ3) is 3.81. The van der Waals surface area contributed by atoms with Crippen molar-refractivity contribution in [2.75, 3.05) is 17.8 Å². The SMILES string of the molecule is CS(=O)CCn1c(SCC(=O)O)n[nH]c1=O. The number of carboxylic acid groups (broad SMARTS) is 1. The Labute approximate surface area is 97.7 Å². The average Bonchev–Trinajstić information content (AvgIpc) is 2.53. The highest BCUT2D eigenvalue weighted by molar-refractivity contribution is 7.99. The number of hydrogen-bond donors (Lipinski definition) is 2. The molecular formula is C7H11N3O4S2. The number of hydrogen-bond acceptors (Lipinski definition) is 5. The largest absolute Gasteiger partial charge is 0.481 e. The highest BCUT2D eigenvalue weighted by atomic mass is 32.2. The van der Waals surface area contributed by atoms with E-state index in [-0.39, 0.29) is 12.3 Å². The minimum absolute atomic E-state index is 0.167. The Morgan fingerprint density at radius 2 is 2.38 bits per heavy atom. The Hall–Kier alpha value is -1.09. The Bertz CT molecular complexity index is 453. The summed E-state index contributed by atoms with van der Waals surface area (Å²) in [6.07, 6.45) is 1.54. The topological polar surface area (TPSA) is 105 Å². The quantitative estimate of drug-likeness (QED) is 0.648. The summed E-state index contributed by atoms with van der Waals surface area (Å²) in [7, 11) is -1.01. The first-order valence-corrected chi connectivity index (χ1v) is 7.02. The number of carbonyl (C=O) groups is 1. The summed E-state index contributed by atoms with van der Waals surface area (Å²) in [5, 5.41) is 14.7. The lowest BCUT2D eigenvalue weighted by Crippen LogP contribution is -2.20. The molecule has 1 aromatic heterocycles. The van der Waals surface area contributed by atoms with Crippen LogP contribution in [0.1, 0.15) is 0 Å². The van der Waals surface area contributed by atoms with E-state index in [0.717, 1.165) is 11.8 Å². The second kappa shape index (κ2) is 5.85. The van der Waals surface area contributed by atoms with Gasteiger partial charge in [-0.1, -0.05) is 11.8 Å². The number of aliphatic carboxylic acids is 1. The van der Waals surface area contributed by atoms with Crippen molar-refractivity contribution in [1.82, 2.24) is 14.8 Å². The maximum atomic E-state index is 11.3. The second-order valence-electron chi connectivity index (χ2n) is 2.92. The van der Waals surface area contributed by atoms with Crippen LogP contribution in [0.3, 0.4) is 0 Å². The van der Waals surface area contributed by atoms with Gasteiger partial charge < -0.3 is 5.11 Å². The summed E-state index contributed by atoms with van der Waals surface area (Å²) in [4.78, 5) is 21.6. The zero-order valence-corrected chi connectivity index (χ0v) is 10.1. The van der Waals surface area contributed by atoms with Gasteiger partial charge in [0.1, 0.15) is 0 Å². The van der Waals surface area contributed by atoms with Crippen LogP contribution in [0.5, 0.6) is 0 Å². The molecule has 0 aliphatic heterocycles. The molecule has 2 N–H and O–H groups in total. The molecule has 1 atom stereocenters. The van der Waals surface area contributed by atoms with Crippen molar-refractivity contribution >= 4 is 28.5 Å². The lowest BCUT2D eigenvalue weighted by Gasteiger charge is -2.02. The van der Waals surface area contributed by atoms with E-state index in [9.17, 15) is 13.8 Å². The fraction of sp³-hybridized carbons (Fsp3) is 0.571. The molecule has 16 heavy (non-hydrogen) atoms. The third-order valence-corrected chi connectivity index (χ3v) is 3.37. The van der Waals surface area contributed by atoms with Gasteiger partial charge in [-0.05, 0) is 0 Å². The fourth-order valence-electron chi connectivity index (χ4n) is 0.957. The summed E-state index contributed by atoms with van der Waals surface area (Å²) >= 11 is 0.950. The molecule has 0 bridgehead atoms. The van der Waals surface area contributed by atoms with Gasteiger partial charge in [-0.2, -0.15) is 0 Å². The Balaban J connectivity index is 2.73. The molecule has 0 aliphatic carbocycles. The Morgan fingerprint density at radius 1 is 1.69 bits per heavy atom. The van der Waals surface area contributed by atoms with Crippen LogP contribution in [-0.4, -0.2) is 47.8 Å². The van der Waals surface area contributed by atoms with Crippen LogP contribution in [0.15, 0.2) is 9.95 Å². The molecule has 1 heterocycles. The van der Waals surface area contributed by atoms with Crippen molar-refractivity contribution in [3.8, 4) is 0 Å². The maximum Gasteiger partial charge on any atom is 0.344 e. The van der Waals surface area contributed by atoms with E-state index < -0.39 is 22.5 Å². The molecule has 0 spiro atoms. The first-order chi connectivity index (χ1) is 7.50. The third-order valence-electron chi connectivity index (χ3n) is 1.65. The second-order valence-corrected chi connectivity index (χ2v) is 5.42. The summed E-state index contributed by atoms with van der Waals surface area (Å²) in [6.45, 7) is 0.264. The number of thioether (sulfide) groups is 1. The van der Waals surface area contributed by atoms with Crippen molar-refractivity contribution < 1.29 is 14.1 Å². The molecule has 0 amide bonds. The van der Waals surface area contributed by atoms with Gasteiger partial charge in [0, 0.05) is 29.4 Å². The van der Waals surface area contributed by atoms with E-state index in [4.69, 9.17) is 5.11 Å². The first kappa shape index (κ1) is 13.0. The molecule has 9 heteroatoms. The van der Waals surface area contributed by atoms with Crippen molar-refractivity contribution in [2.24, 2.45) is 0 Å². The van der Waals surface area contributed by atoms with E-state index >= 15 is 0 Å². The van der Waals surface area contributed by atoms with Crippen LogP contribution in [0.2, 0.25) is 0 Å². The number of carboxylic acids is 1. The van der Waals surface area contributed by atoms with Gasteiger partial charge in [0.15, 0.2) is 5.16 Å². The van der Waals surface area contributed by atoms with E-state index in [2.05, 4.69) is 10.2 Å². The predicted octanol–water partition coefficient (Wildman–Crippen LogP) is -0.873. The van der Waals surface area contributed by atoms with E-state index in [1.807, 2.05) is 0 Å². The minimum Gasteiger partial charge on any atom is -0.481 e. The lowest BCUT2D eigenvalue weighted by molar-refractivity contribution is -0.133. The molecule has 0 fully saturated rings. The van der Waals surface area contributed by atoms with E-state index in [1.165, 1.54) is 10.8 Å². The van der Waals surface area contributed by atoms with Crippen LogP contribution >= 0.6 is 11.8 Å². The Morgan fingerprint density at radius 3 is 2.94 bits per heavy atom. The van der Waals surface area contributed by atoms with E-state index in [0.29, 0.717) is 10.9 Å². The molecular weight excluding hydrogens is 254 g/mol. The zero-order valence-electron chi connectivity index (χ0n) is 8.50. The number of nitrogens with zero attached hydrogens (tertiary/aromatic N) is 2. The fourth-order valence-corrected chi connectivity index (χ4v) is 2.09. The summed E-state index contributed by atoms with van der Waals surface area (Å²) in [6, 6.07) is 0. The van der Waals surface area contributed by atoms with Gasteiger partial charge in [0.25, 0.3) is 0 Å². The van der Waals surface area contributed by atoms with Crippen molar-refractivity contribution in [3.05, 3.63) is 10.5 Å². The number of H-pyrrole nitrogens is 1. The minimum atomic E-state index is -1.01. The summed E-state index contributed by atoms with van der Waals surface area (Å²) in [5.74, 6) is -0.814. The highest BCUT2D eigenvalue weighted by Crippen LogP contribution is 2.12. The molecule has 7 nitrogen and oxygen atoms in total. The molecule has 0 aromatic carbocycles. The molecule has 1 aromatic rings. The highest BCUT2D eigenvalue weighted by Gasteiger charge is 2.10. The molecule has 0 aliphatic rings. The van der Waals surface area contributed by atoms with Crippen LogP contribution < -0.4 is 5.69 Å². The molecule has 90 valence electrons. The monoisotopic (exact) mass is 265 g/mol. The molecule has 1 rings (SSSR count). The van der Waals surface area contributed by atoms with Gasteiger partial charge in [0.05, 0.1) is 5.75 Å². The molecule has 0 radical (unpaired) electrons. The van der Waals surface area contributed by atoms with Crippen LogP contribution in [-0.2, 0) is 22.1 Å². The van der Waals surface area contributed by atoms with Gasteiger partial charge >= 0.3 is 11.7 Å². The number of nitrogens with one attached hydrogen (secondary N) is 1. The Kier molecular flexibility index (Phi) is 4.74. The molecule has 1 unspecified atom stereocenters. The van der Waals surface area contributed by atoms with Crippen LogP contribution in [0.25, 0.3) is 0 Å². The maximum absolute atomic E-state index is 11.3. The predicted molar refractivity (Wildman–Crippen MR) is 60.1 cm³/mol. The number of rotatable bonds is 6. The normalized spacial score (nSPS) is 12.6. The van der Waals surface area contributed by atoms with Crippen molar-refractivity contribution in [2.45, 2.75) is 11.7 Å². The van der Waals surface area contributed by atoms with Gasteiger partial charge in [0.2, 0.25) is 0 Å². The van der Waals surface area contributed by atoms with Gasteiger partial charge in [-0.3, -0.25) is 13.6 Å². The number of aromatic nitrogens is 3. The van der Waals surface area contributed by atoms with Gasteiger partial charge in [-0.15, -0.1) is 5.10 Å². The van der Waals surface area contributed by atoms with Crippen LogP contribution in [0, 0.1) is 0 Å². The summed E-state index contributed by atoms with van der Waals surface area (Å²) < 4.78 is 12.2. The van der Waals surface area contributed by atoms with Crippen molar-refractivity contribution in [1.29, 1.82) is 0 Å². The lowest BCUT2D eigenvalue weighted by atomic mass is 10.7. The standard InChI is InChI=1S/C7H11N3O4S2/c1-16(14)3-2-10-6(13)8-9-7(10)15-4-5(11)12/h2-4H2,1H3,(H,8,13)(H,11,12). The molecule has 0 saturated carbocycles. The zero-order chi connectivity index (χ0) is 12.1.